The van der Waals surface area contributed by atoms with Crippen LogP contribution >= 0.6 is 12.4 Å². The molecule has 1 aliphatic rings. The van der Waals surface area contributed by atoms with Gasteiger partial charge in [0.1, 0.15) is 0 Å². The van der Waals surface area contributed by atoms with E-state index in [1.165, 1.54) is 4.31 Å². The van der Waals surface area contributed by atoms with E-state index in [2.05, 4.69) is 19.2 Å². The highest BCUT2D eigenvalue weighted by Gasteiger charge is 2.31. The minimum Gasteiger partial charge on any atom is -0.313 e. The van der Waals surface area contributed by atoms with Crippen LogP contribution in [0, 0.1) is 0 Å². The van der Waals surface area contributed by atoms with Gasteiger partial charge in [-0.15, -0.1) is 12.4 Å². The molecule has 1 saturated heterocycles. The number of nitrogens with zero attached hydrogens (tertiary/aromatic N) is 1. The second-order valence-electron chi connectivity index (χ2n) is 5.06. The van der Waals surface area contributed by atoms with E-state index in [9.17, 15) is 8.42 Å². The van der Waals surface area contributed by atoms with Gasteiger partial charge in [-0.1, -0.05) is 26.0 Å². The Balaban J connectivity index is 0.00000180. The maximum absolute atomic E-state index is 12.3. The number of likely N-dealkylation sites (N-methyl/N-ethyl adjacent to an activating group) is 1. The molecule has 0 radical (unpaired) electrons. The van der Waals surface area contributed by atoms with Crippen molar-refractivity contribution >= 4 is 22.4 Å². The van der Waals surface area contributed by atoms with Crippen LogP contribution in [0.3, 0.4) is 0 Å². The zero-order chi connectivity index (χ0) is 13.3. The summed E-state index contributed by atoms with van der Waals surface area (Å²) < 4.78 is 26.2. The predicted molar refractivity (Wildman–Crippen MR) is 79.4 cm³/mol. The average molecular weight is 305 g/mol. The highest BCUT2D eigenvalue weighted by atomic mass is 35.5. The molecule has 1 N–H and O–H groups in total. The van der Waals surface area contributed by atoms with Gasteiger partial charge in [0.2, 0.25) is 10.0 Å². The van der Waals surface area contributed by atoms with Crippen LogP contribution in [0.4, 0.5) is 0 Å². The van der Waals surface area contributed by atoms with Gasteiger partial charge in [0, 0.05) is 26.2 Å². The molecule has 0 bridgehead atoms. The SMILES string of the molecule is CC(C)c1ccc(S(=O)(=O)N(C)C2CNC2)cc1.Cl. The smallest absolute Gasteiger partial charge is 0.243 e. The van der Waals surface area contributed by atoms with Crippen molar-refractivity contribution in [1.82, 2.24) is 9.62 Å². The summed E-state index contributed by atoms with van der Waals surface area (Å²) >= 11 is 0. The summed E-state index contributed by atoms with van der Waals surface area (Å²) in [5.41, 5.74) is 1.15. The van der Waals surface area contributed by atoms with Crippen molar-refractivity contribution in [2.75, 3.05) is 20.1 Å². The predicted octanol–water partition coefficient (Wildman–Crippen LogP) is 1.82. The fourth-order valence-corrected chi connectivity index (χ4v) is 3.27. The maximum Gasteiger partial charge on any atom is 0.243 e. The van der Waals surface area contributed by atoms with E-state index in [0.717, 1.165) is 18.7 Å². The summed E-state index contributed by atoms with van der Waals surface area (Å²) in [6.07, 6.45) is 0. The molecule has 0 aliphatic carbocycles. The van der Waals surface area contributed by atoms with Gasteiger partial charge >= 0.3 is 0 Å². The van der Waals surface area contributed by atoms with Crippen molar-refractivity contribution in [3.63, 3.8) is 0 Å². The third-order valence-corrected chi connectivity index (χ3v) is 5.42. The van der Waals surface area contributed by atoms with E-state index < -0.39 is 10.0 Å². The third kappa shape index (κ3) is 3.28. The van der Waals surface area contributed by atoms with Crippen LogP contribution in [-0.2, 0) is 10.0 Å². The molecule has 1 aromatic carbocycles. The summed E-state index contributed by atoms with van der Waals surface area (Å²) in [6.45, 7) is 5.66. The summed E-state index contributed by atoms with van der Waals surface area (Å²) in [6, 6.07) is 7.27. The minimum atomic E-state index is -3.35. The number of halogens is 1. The highest BCUT2D eigenvalue weighted by molar-refractivity contribution is 7.89. The molecule has 0 atom stereocenters. The number of nitrogens with one attached hydrogen (secondary N) is 1. The van der Waals surface area contributed by atoms with Crippen molar-refractivity contribution in [2.24, 2.45) is 0 Å². The van der Waals surface area contributed by atoms with Crippen LogP contribution < -0.4 is 5.32 Å². The van der Waals surface area contributed by atoms with Crippen molar-refractivity contribution in [2.45, 2.75) is 30.7 Å². The van der Waals surface area contributed by atoms with Crippen LogP contribution in [-0.4, -0.2) is 38.9 Å². The quantitative estimate of drug-likeness (QED) is 0.923. The number of hydrogen-bond donors (Lipinski definition) is 1. The molecule has 0 aromatic heterocycles. The lowest BCUT2D eigenvalue weighted by Gasteiger charge is -2.34. The molecular formula is C13H21ClN2O2S. The molecule has 1 aliphatic heterocycles. The van der Waals surface area contributed by atoms with Crippen LogP contribution in [0.15, 0.2) is 29.2 Å². The largest absolute Gasteiger partial charge is 0.313 e. The Kier molecular flexibility index (Phi) is 5.38. The van der Waals surface area contributed by atoms with Crippen molar-refractivity contribution in [3.8, 4) is 0 Å². The first-order valence-corrected chi connectivity index (χ1v) is 7.65. The zero-order valence-corrected chi connectivity index (χ0v) is 13.1. The van der Waals surface area contributed by atoms with E-state index in [-0.39, 0.29) is 18.4 Å². The lowest BCUT2D eigenvalue weighted by molar-refractivity contribution is 0.274. The molecular weight excluding hydrogens is 284 g/mol. The van der Waals surface area contributed by atoms with Crippen LogP contribution in [0.25, 0.3) is 0 Å². The highest BCUT2D eigenvalue weighted by Crippen LogP contribution is 2.21. The number of sulfonamides is 1. The van der Waals surface area contributed by atoms with Gasteiger partial charge < -0.3 is 5.32 Å². The molecule has 1 fully saturated rings. The maximum atomic E-state index is 12.3. The minimum absolute atomic E-state index is 0. The normalized spacial score (nSPS) is 16.3. The van der Waals surface area contributed by atoms with Crippen molar-refractivity contribution in [1.29, 1.82) is 0 Å². The van der Waals surface area contributed by atoms with Crippen molar-refractivity contribution in [3.05, 3.63) is 29.8 Å². The van der Waals surface area contributed by atoms with Gasteiger partial charge in [-0.25, -0.2) is 8.42 Å². The molecule has 2 rings (SSSR count). The molecule has 1 heterocycles. The number of benzene rings is 1. The van der Waals surface area contributed by atoms with E-state index in [0.29, 0.717) is 10.8 Å². The Hall–Kier alpha value is -0.620. The van der Waals surface area contributed by atoms with E-state index in [1.54, 1.807) is 19.2 Å². The summed E-state index contributed by atoms with van der Waals surface area (Å²) in [5, 5.41) is 3.08. The van der Waals surface area contributed by atoms with E-state index >= 15 is 0 Å². The Morgan fingerprint density at radius 1 is 1.21 bits per heavy atom. The summed E-state index contributed by atoms with van der Waals surface area (Å²) in [4.78, 5) is 0.376. The molecule has 0 unspecified atom stereocenters. The van der Waals surface area contributed by atoms with Crippen molar-refractivity contribution < 1.29 is 8.42 Å². The standard InChI is InChI=1S/C13H20N2O2S.ClH/c1-10(2)11-4-6-13(7-5-11)18(16,17)15(3)12-8-14-9-12;/h4-7,10,12,14H,8-9H2,1-3H3;1H. The monoisotopic (exact) mass is 304 g/mol. The second-order valence-corrected chi connectivity index (χ2v) is 7.05. The fraction of sp³-hybridized carbons (Fsp3) is 0.538. The first-order valence-electron chi connectivity index (χ1n) is 6.21. The summed E-state index contributed by atoms with van der Waals surface area (Å²) in [5.74, 6) is 0.412. The Morgan fingerprint density at radius 3 is 2.11 bits per heavy atom. The van der Waals surface area contributed by atoms with E-state index in [1.807, 2.05) is 12.1 Å². The zero-order valence-electron chi connectivity index (χ0n) is 11.5. The Bertz CT molecular complexity index is 510. The van der Waals surface area contributed by atoms with Crippen LogP contribution in [0.2, 0.25) is 0 Å². The molecule has 0 spiro atoms. The molecule has 0 saturated carbocycles. The molecule has 6 heteroatoms. The Morgan fingerprint density at radius 2 is 1.74 bits per heavy atom. The molecule has 19 heavy (non-hydrogen) atoms. The molecule has 4 nitrogen and oxygen atoms in total. The van der Waals surface area contributed by atoms with Gasteiger partial charge in [-0.05, 0) is 23.6 Å². The molecule has 0 amide bonds. The Labute approximate surface area is 121 Å². The molecule has 1 aromatic rings. The summed E-state index contributed by atoms with van der Waals surface area (Å²) in [7, 11) is -1.70. The lowest BCUT2D eigenvalue weighted by atomic mass is 10.0. The number of hydrogen-bond acceptors (Lipinski definition) is 3. The topological polar surface area (TPSA) is 49.4 Å². The van der Waals surface area contributed by atoms with Gasteiger partial charge in [-0.2, -0.15) is 4.31 Å². The fourth-order valence-electron chi connectivity index (χ4n) is 1.92. The van der Waals surface area contributed by atoms with Crippen LogP contribution in [0.5, 0.6) is 0 Å². The second kappa shape index (κ2) is 6.22. The average Bonchev–Trinajstić information content (AvgIpc) is 2.26. The third-order valence-electron chi connectivity index (χ3n) is 3.50. The van der Waals surface area contributed by atoms with Gasteiger partial charge in [0.15, 0.2) is 0 Å². The molecule has 108 valence electrons. The van der Waals surface area contributed by atoms with Gasteiger partial charge in [-0.3, -0.25) is 0 Å². The number of rotatable bonds is 4. The van der Waals surface area contributed by atoms with Gasteiger partial charge in [0.25, 0.3) is 0 Å². The lowest BCUT2D eigenvalue weighted by Crippen LogP contribution is -2.57. The van der Waals surface area contributed by atoms with Gasteiger partial charge in [0.05, 0.1) is 4.90 Å². The van der Waals surface area contributed by atoms with Crippen LogP contribution in [0.1, 0.15) is 25.3 Å². The van der Waals surface area contributed by atoms with E-state index in [4.69, 9.17) is 0 Å². The first kappa shape index (κ1) is 16.4. The first-order chi connectivity index (χ1) is 8.43.